The number of nitrogens with one attached hydrogen (secondary N) is 1. The summed E-state index contributed by atoms with van der Waals surface area (Å²) in [5.74, 6) is 0.952. The number of ether oxygens (including phenoxy) is 1. The van der Waals surface area contributed by atoms with Gasteiger partial charge in [-0.15, -0.1) is 0 Å². The van der Waals surface area contributed by atoms with E-state index in [0.717, 1.165) is 18.7 Å². The van der Waals surface area contributed by atoms with Crippen LogP contribution in [0.3, 0.4) is 0 Å². The van der Waals surface area contributed by atoms with E-state index in [0.29, 0.717) is 6.04 Å². The largest absolute Gasteiger partial charge is 0.496 e. The molecular formula is C14H24N2O. The summed E-state index contributed by atoms with van der Waals surface area (Å²) in [4.78, 5) is 0. The summed E-state index contributed by atoms with van der Waals surface area (Å²) < 4.78 is 5.34. The van der Waals surface area contributed by atoms with Crippen LogP contribution >= 0.6 is 0 Å². The van der Waals surface area contributed by atoms with E-state index in [2.05, 4.69) is 18.3 Å². The molecule has 0 bridgehead atoms. The first kappa shape index (κ1) is 14.0. The molecule has 17 heavy (non-hydrogen) atoms. The van der Waals surface area contributed by atoms with Crippen LogP contribution in [0.1, 0.15) is 26.3 Å². The summed E-state index contributed by atoms with van der Waals surface area (Å²) in [6, 6.07) is 8.51. The molecule has 96 valence electrons. The molecule has 0 aromatic heterocycles. The molecule has 3 N–H and O–H groups in total. The van der Waals surface area contributed by atoms with Crippen molar-refractivity contribution in [3.05, 3.63) is 29.8 Å². The molecule has 0 saturated heterocycles. The minimum Gasteiger partial charge on any atom is -0.496 e. The van der Waals surface area contributed by atoms with Crippen LogP contribution < -0.4 is 15.8 Å². The van der Waals surface area contributed by atoms with Gasteiger partial charge in [-0.2, -0.15) is 0 Å². The van der Waals surface area contributed by atoms with Crippen molar-refractivity contribution in [1.29, 1.82) is 0 Å². The molecule has 0 amide bonds. The van der Waals surface area contributed by atoms with Gasteiger partial charge in [-0.05, 0) is 38.8 Å². The molecule has 1 atom stereocenters. The number of rotatable bonds is 6. The third-order valence-electron chi connectivity index (χ3n) is 2.62. The van der Waals surface area contributed by atoms with Crippen LogP contribution in [0.2, 0.25) is 0 Å². The predicted molar refractivity (Wildman–Crippen MR) is 72.4 cm³/mol. The van der Waals surface area contributed by atoms with Gasteiger partial charge in [-0.25, -0.2) is 0 Å². The maximum absolute atomic E-state index is 5.95. The molecule has 1 aromatic rings. The van der Waals surface area contributed by atoms with E-state index < -0.39 is 0 Å². The fourth-order valence-electron chi connectivity index (χ4n) is 1.71. The van der Waals surface area contributed by atoms with Crippen LogP contribution in [0.15, 0.2) is 24.3 Å². The first-order valence-electron chi connectivity index (χ1n) is 6.06. The lowest BCUT2D eigenvalue weighted by atomic mass is 10.0. The highest BCUT2D eigenvalue weighted by molar-refractivity contribution is 5.33. The molecule has 0 aliphatic heterocycles. The molecule has 3 nitrogen and oxygen atoms in total. The van der Waals surface area contributed by atoms with Crippen molar-refractivity contribution < 1.29 is 4.74 Å². The maximum atomic E-state index is 5.95. The van der Waals surface area contributed by atoms with Crippen molar-refractivity contribution in [2.75, 3.05) is 13.7 Å². The van der Waals surface area contributed by atoms with Crippen LogP contribution in [0.25, 0.3) is 0 Å². The molecule has 0 radical (unpaired) electrons. The zero-order valence-corrected chi connectivity index (χ0v) is 11.3. The molecule has 1 rings (SSSR count). The third-order valence-corrected chi connectivity index (χ3v) is 2.62. The Kier molecular flexibility index (Phi) is 4.97. The van der Waals surface area contributed by atoms with Gasteiger partial charge in [0.1, 0.15) is 5.75 Å². The lowest BCUT2D eigenvalue weighted by Gasteiger charge is -2.23. The minimum absolute atomic E-state index is 0.172. The molecule has 0 aliphatic rings. The van der Waals surface area contributed by atoms with Crippen molar-refractivity contribution in [3.8, 4) is 5.75 Å². The standard InChI is InChI=1S/C14H24N2O/c1-11(16-10-14(2,3)15)9-12-7-5-6-8-13(12)17-4/h5-8,11,16H,9-10,15H2,1-4H3. The maximum Gasteiger partial charge on any atom is 0.122 e. The van der Waals surface area contributed by atoms with Crippen molar-refractivity contribution in [3.63, 3.8) is 0 Å². The molecular weight excluding hydrogens is 212 g/mol. The van der Waals surface area contributed by atoms with Gasteiger partial charge in [0.25, 0.3) is 0 Å². The average molecular weight is 236 g/mol. The van der Waals surface area contributed by atoms with E-state index in [4.69, 9.17) is 10.5 Å². The number of benzene rings is 1. The van der Waals surface area contributed by atoms with Crippen molar-refractivity contribution in [2.45, 2.75) is 38.8 Å². The zero-order chi connectivity index (χ0) is 12.9. The smallest absolute Gasteiger partial charge is 0.122 e. The van der Waals surface area contributed by atoms with Crippen molar-refractivity contribution in [1.82, 2.24) is 5.32 Å². The summed E-state index contributed by atoms with van der Waals surface area (Å²) in [6.07, 6.45) is 0.945. The number of hydrogen-bond acceptors (Lipinski definition) is 3. The SMILES string of the molecule is COc1ccccc1CC(C)NCC(C)(C)N. The number of methoxy groups -OCH3 is 1. The molecule has 0 fully saturated rings. The monoisotopic (exact) mass is 236 g/mol. The van der Waals surface area contributed by atoms with E-state index in [9.17, 15) is 0 Å². The Hall–Kier alpha value is -1.06. The van der Waals surface area contributed by atoms with E-state index in [-0.39, 0.29) is 5.54 Å². The second-order valence-corrected chi connectivity index (χ2v) is 5.29. The predicted octanol–water partition coefficient (Wildman–Crippen LogP) is 1.95. The number of para-hydroxylation sites is 1. The lowest BCUT2D eigenvalue weighted by molar-refractivity contribution is 0.399. The fourth-order valence-corrected chi connectivity index (χ4v) is 1.71. The van der Waals surface area contributed by atoms with Gasteiger partial charge in [-0.3, -0.25) is 0 Å². The summed E-state index contributed by atoms with van der Waals surface area (Å²) in [6.45, 7) is 7.02. The highest BCUT2D eigenvalue weighted by atomic mass is 16.5. The topological polar surface area (TPSA) is 47.3 Å². The van der Waals surface area contributed by atoms with E-state index in [1.165, 1.54) is 5.56 Å². The van der Waals surface area contributed by atoms with Gasteiger partial charge < -0.3 is 15.8 Å². The lowest BCUT2D eigenvalue weighted by Crippen LogP contribution is -2.46. The number of nitrogens with two attached hydrogens (primary N) is 1. The zero-order valence-electron chi connectivity index (χ0n) is 11.3. The van der Waals surface area contributed by atoms with Gasteiger partial charge in [0.15, 0.2) is 0 Å². The Labute approximate surface area is 104 Å². The van der Waals surface area contributed by atoms with Crippen molar-refractivity contribution in [2.24, 2.45) is 5.73 Å². The molecule has 3 heteroatoms. The van der Waals surface area contributed by atoms with Crippen LogP contribution in [0, 0.1) is 0 Å². The van der Waals surface area contributed by atoms with Gasteiger partial charge in [-0.1, -0.05) is 18.2 Å². The van der Waals surface area contributed by atoms with E-state index in [1.807, 2.05) is 32.0 Å². The summed E-state index contributed by atoms with van der Waals surface area (Å²) in [5.41, 5.74) is 7.00. The molecule has 0 spiro atoms. The van der Waals surface area contributed by atoms with Gasteiger partial charge >= 0.3 is 0 Å². The molecule has 1 aromatic carbocycles. The van der Waals surface area contributed by atoms with Crippen LogP contribution in [0.5, 0.6) is 5.75 Å². The first-order valence-corrected chi connectivity index (χ1v) is 6.06. The van der Waals surface area contributed by atoms with Crippen LogP contribution in [-0.4, -0.2) is 25.2 Å². The normalized spacial score (nSPS) is 13.5. The first-order chi connectivity index (χ1) is 7.92. The van der Waals surface area contributed by atoms with Crippen molar-refractivity contribution >= 4 is 0 Å². The molecule has 1 unspecified atom stereocenters. The quantitative estimate of drug-likeness (QED) is 0.793. The van der Waals surface area contributed by atoms with E-state index >= 15 is 0 Å². The summed E-state index contributed by atoms with van der Waals surface area (Å²) >= 11 is 0. The average Bonchev–Trinajstić information content (AvgIpc) is 2.26. The Bertz CT molecular complexity index is 344. The Morgan fingerprint density at radius 2 is 2.00 bits per heavy atom. The van der Waals surface area contributed by atoms with Crippen LogP contribution in [-0.2, 0) is 6.42 Å². The highest BCUT2D eigenvalue weighted by Crippen LogP contribution is 2.18. The molecule has 0 saturated carbocycles. The van der Waals surface area contributed by atoms with E-state index in [1.54, 1.807) is 7.11 Å². The fraction of sp³-hybridized carbons (Fsp3) is 0.571. The summed E-state index contributed by atoms with van der Waals surface area (Å²) in [5, 5.41) is 3.44. The minimum atomic E-state index is -0.172. The molecule has 0 heterocycles. The second kappa shape index (κ2) is 6.03. The van der Waals surface area contributed by atoms with Gasteiger partial charge in [0, 0.05) is 18.1 Å². The second-order valence-electron chi connectivity index (χ2n) is 5.29. The van der Waals surface area contributed by atoms with Gasteiger partial charge in [0.2, 0.25) is 0 Å². The number of hydrogen-bond donors (Lipinski definition) is 2. The Balaban J connectivity index is 2.53. The van der Waals surface area contributed by atoms with Gasteiger partial charge in [0.05, 0.1) is 7.11 Å². The Morgan fingerprint density at radius 3 is 2.59 bits per heavy atom. The van der Waals surface area contributed by atoms with Crippen LogP contribution in [0.4, 0.5) is 0 Å². The highest BCUT2D eigenvalue weighted by Gasteiger charge is 2.13. The Morgan fingerprint density at radius 1 is 1.35 bits per heavy atom. The summed E-state index contributed by atoms with van der Waals surface area (Å²) in [7, 11) is 1.71. The molecule has 0 aliphatic carbocycles. The third kappa shape index (κ3) is 5.20.